The predicted molar refractivity (Wildman–Crippen MR) is 57.0 cm³/mol. The molecule has 1 heterocycles. The Kier molecular flexibility index (Phi) is 1.98. The topological polar surface area (TPSA) is 9.23 Å². The number of rotatable bonds is 3. The zero-order valence-corrected chi connectivity index (χ0v) is 9.04. The van der Waals surface area contributed by atoms with E-state index in [0.29, 0.717) is 5.41 Å². The summed E-state index contributed by atoms with van der Waals surface area (Å²) < 4.78 is 5.40. The molecule has 1 heteroatoms. The molecule has 14 heavy (non-hydrogen) atoms. The average Bonchev–Trinajstić information content (AvgIpc) is 2.72. The molecule has 3 aliphatic rings. The summed E-state index contributed by atoms with van der Waals surface area (Å²) >= 11 is 0. The molecule has 3 unspecified atom stereocenters. The van der Waals surface area contributed by atoms with Crippen molar-refractivity contribution in [1.82, 2.24) is 0 Å². The Bertz CT molecular complexity index is 246. The van der Waals surface area contributed by atoms with E-state index in [1.54, 1.807) is 0 Å². The molecule has 0 aromatic carbocycles. The molecule has 2 aliphatic carbocycles. The molecule has 1 nitrogen and oxygen atoms in total. The first-order valence-electron chi connectivity index (χ1n) is 6.07. The number of allylic oxidation sites excluding steroid dienone is 2. The van der Waals surface area contributed by atoms with Crippen LogP contribution in [0.3, 0.4) is 0 Å². The molecule has 0 amide bonds. The second kappa shape index (κ2) is 3.10. The van der Waals surface area contributed by atoms with E-state index < -0.39 is 0 Å². The maximum absolute atomic E-state index is 5.40. The van der Waals surface area contributed by atoms with Crippen molar-refractivity contribution in [2.75, 3.05) is 13.2 Å². The Morgan fingerprint density at radius 2 is 2.14 bits per heavy atom. The first-order chi connectivity index (χ1) is 6.81. The van der Waals surface area contributed by atoms with Gasteiger partial charge < -0.3 is 4.74 Å². The third-order valence-corrected chi connectivity index (χ3v) is 4.68. The maximum Gasteiger partial charge on any atom is 0.0544 e. The van der Waals surface area contributed by atoms with Crippen molar-refractivity contribution < 1.29 is 4.74 Å². The maximum atomic E-state index is 5.40. The third-order valence-electron chi connectivity index (χ3n) is 4.68. The van der Waals surface area contributed by atoms with Gasteiger partial charge >= 0.3 is 0 Å². The zero-order valence-electron chi connectivity index (χ0n) is 9.04. The summed E-state index contributed by atoms with van der Waals surface area (Å²) in [5.74, 6) is 2.83. The van der Waals surface area contributed by atoms with Crippen molar-refractivity contribution in [3.8, 4) is 0 Å². The fourth-order valence-corrected chi connectivity index (χ4v) is 3.54. The van der Waals surface area contributed by atoms with E-state index in [-0.39, 0.29) is 0 Å². The lowest BCUT2D eigenvalue weighted by Gasteiger charge is -2.43. The van der Waals surface area contributed by atoms with Crippen molar-refractivity contribution in [1.29, 1.82) is 0 Å². The van der Waals surface area contributed by atoms with Gasteiger partial charge in [-0.15, -0.1) is 0 Å². The zero-order chi connectivity index (χ0) is 9.60. The molecule has 1 saturated carbocycles. The minimum atomic E-state index is 0.572. The molecule has 3 rings (SSSR count). The molecule has 2 bridgehead atoms. The minimum Gasteiger partial charge on any atom is -0.380 e. The van der Waals surface area contributed by atoms with E-state index in [9.17, 15) is 0 Å². The Morgan fingerprint density at radius 3 is 2.57 bits per heavy atom. The van der Waals surface area contributed by atoms with Gasteiger partial charge in [0.25, 0.3) is 0 Å². The van der Waals surface area contributed by atoms with Crippen LogP contribution in [0.25, 0.3) is 0 Å². The summed E-state index contributed by atoms with van der Waals surface area (Å²) in [6.45, 7) is 4.38. The fourth-order valence-electron chi connectivity index (χ4n) is 3.54. The average molecular weight is 192 g/mol. The molecule has 2 fully saturated rings. The standard InChI is InChI=1S/C13H20O/c1-2-13(8-14-9-13)7-12-6-10-3-4-11(12)5-10/h3-4,10-12H,2,5-9H2,1H3. The lowest BCUT2D eigenvalue weighted by molar-refractivity contribution is -0.127. The Labute approximate surface area is 86.5 Å². The molecule has 0 radical (unpaired) electrons. The fraction of sp³-hybridized carbons (Fsp3) is 0.846. The van der Waals surface area contributed by atoms with Crippen molar-refractivity contribution in [3.63, 3.8) is 0 Å². The van der Waals surface area contributed by atoms with Gasteiger partial charge in [0.05, 0.1) is 13.2 Å². The highest BCUT2D eigenvalue weighted by atomic mass is 16.5. The second-order valence-electron chi connectivity index (χ2n) is 5.59. The molecular weight excluding hydrogens is 172 g/mol. The van der Waals surface area contributed by atoms with E-state index in [1.165, 1.54) is 25.7 Å². The van der Waals surface area contributed by atoms with Gasteiger partial charge in [0.15, 0.2) is 0 Å². The largest absolute Gasteiger partial charge is 0.380 e. The smallest absolute Gasteiger partial charge is 0.0544 e. The van der Waals surface area contributed by atoms with E-state index in [4.69, 9.17) is 4.74 Å². The van der Waals surface area contributed by atoms with Crippen LogP contribution >= 0.6 is 0 Å². The van der Waals surface area contributed by atoms with Crippen LogP contribution in [0, 0.1) is 23.2 Å². The number of ether oxygens (including phenoxy) is 1. The lowest BCUT2D eigenvalue weighted by atomic mass is 9.72. The van der Waals surface area contributed by atoms with Crippen LogP contribution in [0.5, 0.6) is 0 Å². The second-order valence-corrected chi connectivity index (χ2v) is 5.59. The summed E-state index contributed by atoms with van der Waals surface area (Å²) in [5.41, 5.74) is 0.572. The summed E-state index contributed by atoms with van der Waals surface area (Å²) in [7, 11) is 0. The van der Waals surface area contributed by atoms with Gasteiger partial charge in [-0.3, -0.25) is 0 Å². The Morgan fingerprint density at radius 1 is 1.29 bits per heavy atom. The van der Waals surface area contributed by atoms with E-state index in [1.807, 2.05) is 0 Å². The first kappa shape index (κ1) is 8.96. The number of hydrogen-bond acceptors (Lipinski definition) is 1. The van der Waals surface area contributed by atoms with Gasteiger partial charge in [-0.1, -0.05) is 19.1 Å². The van der Waals surface area contributed by atoms with Crippen molar-refractivity contribution in [3.05, 3.63) is 12.2 Å². The van der Waals surface area contributed by atoms with Gasteiger partial charge in [0.1, 0.15) is 0 Å². The highest BCUT2D eigenvalue weighted by Crippen LogP contribution is 2.50. The highest BCUT2D eigenvalue weighted by Gasteiger charge is 2.44. The predicted octanol–water partition coefficient (Wildman–Crippen LogP) is 3.02. The van der Waals surface area contributed by atoms with Gasteiger partial charge in [-0.2, -0.15) is 0 Å². The molecule has 78 valence electrons. The van der Waals surface area contributed by atoms with E-state index >= 15 is 0 Å². The van der Waals surface area contributed by atoms with Crippen LogP contribution < -0.4 is 0 Å². The van der Waals surface area contributed by atoms with E-state index in [2.05, 4.69) is 19.1 Å². The van der Waals surface area contributed by atoms with Crippen molar-refractivity contribution in [2.24, 2.45) is 23.2 Å². The minimum absolute atomic E-state index is 0.572. The van der Waals surface area contributed by atoms with Crippen LogP contribution in [0.15, 0.2) is 12.2 Å². The summed E-state index contributed by atoms with van der Waals surface area (Å²) in [5, 5.41) is 0. The Hall–Kier alpha value is -0.300. The molecule has 1 aliphatic heterocycles. The highest BCUT2D eigenvalue weighted by molar-refractivity contribution is 5.11. The third kappa shape index (κ3) is 1.25. The van der Waals surface area contributed by atoms with Crippen LogP contribution in [0.1, 0.15) is 32.6 Å². The lowest BCUT2D eigenvalue weighted by Crippen LogP contribution is -2.43. The van der Waals surface area contributed by atoms with Crippen LogP contribution in [-0.2, 0) is 4.74 Å². The molecule has 0 aromatic heterocycles. The van der Waals surface area contributed by atoms with Crippen LogP contribution in [0.4, 0.5) is 0 Å². The van der Waals surface area contributed by atoms with Gasteiger partial charge in [0.2, 0.25) is 0 Å². The van der Waals surface area contributed by atoms with Gasteiger partial charge in [-0.05, 0) is 43.4 Å². The number of fused-ring (bicyclic) bond motifs is 2. The van der Waals surface area contributed by atoms with Crippen LogP contribution in [-0.4, -0.2) is 13.2 Å². The van der Waals surface area contributed by atoms with Crippen LogP contribution in [0.2, 0.25) is 0 Å². The Balaban J connectivity index is 1.65. The van der Waals surface area contributed by atoms with Gasteiger partial charge in [-0.25, -0.2) is 0 Å². The molecular formula is C13H20O. The summed E-state index contributed by atoms with van der Waals surface area (Å²) in [6.07, 6.45) is 10.6. The van der Waals surface area contributed by atoms with E-state index in [0.717, 1.165) is 31.0 Å². The quantitative estimate of drug-likeness (QED) is 0.625. The molecule has 1 saturated heterocycles. The monoisotopic (exact) mass is 192 g/mol. The molecule has 3 atom stereocenters. The SMILES string of the molecule is CCC1(CC2CC3C=CC2C3)COC1. The van der Waals surface area contributed by atoms with Crippen molar-refractivity contribution in [2.45, 2.75) is 32.6 Å². The van der Waals surface area contributed by atoms with Crippen molar-refractivity contribution >= 4 is 0 Å². The molecule has 0 aromatic rings. The normalized spacial score (nSPS) is 42.8. The molecule has 0 N–H and O–H groups in total. The first-order valence-corrected chi connectivity index (χ1v) is 6.07. The summed E-state index contributed by atoms with van der Waals surface area (Å²) in [6, 6.07) is 0. The summed E-state index contributed by atoms with van der Waals surface area (Å²) in [4.78, 5) is 0. The molecule has 0 spiro atoms. The number of hydrogen-bond donors (Lipinski definition) is 0. The van der Waals surface area contributed by atoms with Gasteiger partial charge in [0, 0.05) is 5.41 Å².